The number of ether oxygens (including phenoxy) is 2. The summed E-state index contributed by atoms with van der Waals surface area (Å²) in [6, 6.07) is 4.62. The lowest BCUT2D eigenvalue weighted by Gasteiger charge is -2.27. The molecule has 13 heteroatoms. The number of fused-ring (bicyclic) bond motifs is 1. The van der Waals surface area contributed by atoms with E-state index in [2.05, 4.69) is 0 Å². The maximum atomic E-state index is 15.5. The van der Waals surface area contributed by atoms with E-state index in [1.54, 1.807) is 13.8 Å². The summed E-state index contributed by atoms with van der Waals surface area (Å²) in [4.78, 5) is 34.1. The molecule has 0 aliphatic rings. The number of carbonyl (C=O) groups is 3. The second-order valence-corrected chi connectivity index (χ2v) is 10.3. The molecule has 0 atom stereocenters. The van der Waals surface area contributed by atoms with Crippen molar-refractivity contribution in [1.82, 2.24) is 0 Å². The average molecular weight is 536 g/mol. The zero-order valence-corrected chi connectivity index (χ0v) is 21.0. The summed E-state index contributed by atoms with van der Waals surface area (Å²) in [7, 11) is -5.14. The predicted octanol–water partition coefficient (Wildman–Crippen LogP) is 5.56. The van der Waals surface area contributed by atoms with Crippen LogP contribution >= 0.6 is 18.9 Å². The summed E-state index contributed by atoms with van der Waals surface area (Å²) in [5.74, 6) is -2.30. The standard InChI is InChI=1S/C22H27F2O9PS/c1-3-30-19(25)7-5-11-32-34(29,33-12-6-8-20(26)31-4-2)22(23,24)16-9-10-17-15(13-16)14-18(35-17)21(27)28/h9-10,13-14H,3-8,11-12H2,1-2H3,(H,27,28). The van der Waals surface area contributed by atoms with Gasteiger partial charge in [-0.05, 0) is 50.3 Å². The Hall–Kier alpha value is -2.40. The Kier molecular flexibility index (Phi) is 10.8. The molecule has 1 heterocycles. The van der Waals surface area contributed by atoms with Gasteiger partial charge in [0.1, 0.15) is 4.88 Å². The molecule has 0 unspecified atom stereocenters. The van der Waals surface area contributed by atoms with Crippen molar-refractivity contribution in [3.63, 3.8) is 0 Å². The van der Waals surface area contributed by atoms with E-state index >= 15 is 8.78 Å². The molecule has 0 aliphatic heterocycles. The third kappa shape index (κ3) is 7.79. The molecule has 1 N–H and O–H groups in total. The fourth-order valence-electron chi connectivity index (χ4n) is 2.96. The first-order chi connectivity index (χ1) is 16.5. The fraction of sp³-hybridized carbons (Fsp3) is 0.500. The number of carboxylic acid groups (broad SMARTS) is 1. The Morgan fingerprint density at radius 2 is 1.51 bits per heavy atom. The van der Waals surface area contributed by atoms with Crippen molar-refractivity contribution in [3.8, 4) is 0 Å². The summed E-state index contributed by atoms with van der Waals surface area (Å²) in [6.07, 6.45) is -0.310. The monoisotopic (exact) mass is 536 g/mol. The van der Waals surface area contributed by atoms with E-state index in [1.807, 2.05) is 0 Å². The maximum Gasteiger partial charge on any atom is 0.404 e. The van der Waals surface area contributed by atoms with Crippen molar-refractivity contribution < 1.29 is 51.4 Å². The highest BCUT2D eigenvalue weighted by Gasteiger charge is 2.55. The lowest BCUT2D eigenvalue weighted by atomic mass is 10.1. The minimum absolute atomic E-state index is 0.0311. The highest BCUT2D eigenvalue weighted by molar-refractivity contribution is 7.54. The molecule has 1 aromatic carbocycles. The summed E-state index contributed by atoms with van der Waals surface area (Å²) < 4.78 is 64.4. The molecule has 0 saturated carbocycles. The fourth-order valence-corrected chi connectivity index (χ4v) is 5.44. The Morgan fingerprint density at radius 3 is 2.00 bits per heavy atom. The number of hydrogen-bond donors (Lipinski definition) is 1. The summed E-state index contributed by atoms with van der Waals surface area (Å²) in [5, 5.41) is 9.38. The zero-order valence-electron chi connectivity index (χ0n) is 19.3. The van der Waals surface area contributed by atoms with Crippen LogP contribution in [0.3, 0.4) is 0 Å². The number of thiophene rings is 1. The highest BCUT2D eigenvalue weighted by atomic mass is 32.1. The molecule has 194 valence electrons. The number of hydrogen-bond acceptors (Lipinski definition) is 9. The second-order valence-electron chi connectivity index (χ2n) is 7.19. The predicted molar refractivity (Wildman–Crippen MR) is 124 cm³/mol. The Labute approximate surface area is 204 Å². The van der Waals surface area contributed by atoms with Gasteiger partial charge in [-0.25, -0.2) is 4.79 Å². The van der Waals surface area contributed by atoms with Crippen molar-refractivity contribution in [2.45, 2.75) is 45.2 Å². The molecule has 0 saturated heterocycles. The van der Waals surface area contributed by atoms with E-state index in [4.69, 9.17) is 23.6 Å². The highest BCUT2D eigenvalue weighted by Crippen LogP contribution is 2.67. The van der Waals surface area contributed by atoms with Gasteiger partial charge in [0.05, 0.1) is 26.4 Å². The molecule has 2 rings (SSSR count). The van der Waals surface area contributed by atoms with Crippen molar-refractivity contribution in [3.05, 3.63) is 34.7 Å². The molecule has 2 aromatic rings. The SMILES string of the molecule is CCOC(=O)CCCOP(=O)(OCCCC(=O)OCC)C(F)(F)c1ccc2sc(C(=O)O)cc2c1. The van der Waals surface area contributed by atoms with Crippen LogP contribution in [0.4, 0.5) is 8.78 Å². The molecular weight excluding hydrogens is 509 g/mol. The number of alkyl halides is 2. The van der Waals surface area contributed by atoms with Gasteiger partial charge in [-0.2, -0.15) is 8.78 Å². The van der Waals surface area contributed by atoms with E-state index in [0.717, 1.165) is 23.5 Å². The summed E-state index contributed by atoms with van der Waals surface area (Å²) in [5.41, 5.74) is -4.78. The number of esters is 2. The van der Waals surface area contributed by atoms with Gasteiger partial charge in [0.2, 0.25) is 0 Å². The topological polar surface area (TPSA) is 125 Å². The molecule has 35 heavy (non-hydrogen) atoms. The minimum atomic E-state index is -5.14. The number of carboxylic acids is 1. The second kappa shape index (κ2) is 13.1. The van der Waals surface area contributed by atoms with Crippen molar-refractivity contribution in [2.75, 3.05) is 26.4 Å². The van der Waals surface area contributed by atoms with Crippen LogP contribution in [-0.4, -0.2) is 49.4 Å². The van der Waals surface area contributed by atoms with Crippen LogP contribution in [-0.2, 0) is 38.3 Å². The zero-order chi connectivity index (χ0) is 26.1. The maximum absolute atomic E-state index is 15.5. The van der Waals surface area contributed by atoms with Crippen molar-refractivity contribution in [1.29, 1.82) is 0 Å². The third-order valence-electron chi connectivity index (χ3n) is 4.60. The number of rotatable bonds is 15. The molecule has 0 radical (unpaired) electrons. The molecular formula is C22H27F2O9PS. The van der Waals surface area contributed by atoms with E-state index in [1.165, 1.54) is 12.1 Å². The van der Waals surface area contributed by atoms with E-state index < -0.39 is 49.9 Å². The van der Waals surface area contributed by atoms with Gasteiger partial charge in [-0.1, -0.05) is 6.07 Å². The Bertz CT molecular complexity index is 1060. The quantitative estimate of drug-likeness (QED) is 0.177. The van der Waals surface area contributed by atoms with Crippen LogP contribution in [0.15, 0.2) is 24.3 Å². The van der Waals surface area contributed by atoms with Gasteiger partial charge in [-0.3, -0.25) is 14.2 Å². The van der Waals surface area contributed by atoms with Crippen molar-refractivity contribution >= 4 is 46.9 Å². The Balaban J connectivity index is 2.22. The minimum Gasteiger partial charge on any atom is -0.477 e. The number of carbonyl (C=O) groups excluding carboxylic acids is 2. The van der Waals surface area contributed by atoms with Crippen LogP contribution in [0.1, 0.15) is 54.8 Å². The normalized spacial score (nSPS) is 12.0. The third-order valence-corrected chi connectivity index (χ3v) is 7.70. The number of halogens is 2. The molecule has 0 amide bonds. The molecule has 0 bridgehead atoms. The summed E-state index contributed by atoms with van der Waals surface area (Å²) >= 11 is 0.916. The smallest absolute Gasteiger partial charge is 0.404 e. The molecule has 0 fully saturated rings. The molecule has 0 aliphatic carbocycles. The van der Waals surface area contributed by atoms with Crippen LogP contribution < -0.4 is 0 Å². The lowest BCUT2D eigenvalue weighted by molar-refractivity contribution is -0.144. The molecule has 1 aromatic heterocycles. The van der Waals surface area contributed by atoms with Gasteiger partial charge in [-0.15, -0.1) is 11.3 Å². The largest absolute Gasteiger partial charge is 0.477 e. The number of benzene rings is 1. The first kappa shape index (κ1) is 28.8. The van der Waals surface area contributed by atoms with E-state index in [-0.39, 0.29) is 49.2 Å². The lowest BCUT2D eigenvalue weighted by Crippen LogP contribution is -2.19. The van der Waals surface area contributed by atoms with Gasteiger partial charge in [0, 0.05) is 23.1 Å². The van der Waals surface area contributed by atoms with Crippen LogP contribution in [0, 0.1) is 0 Å². The Morgan fingerprint density at radius 1 is 0.971 bits per heavy atom. The first-order valence-corrected chi connectivity index (χ1v) is 13.3. The van der Waals surface area contributed by atoms with Crippen molar-refractivity contribution in [2.24, 2.45) is 0 Å². The first-order valence-electron chi connectivity index (χ1n) is 10.9. The van der Waals surface area contributed by atoms with Gasteiger partial charge < -0.3 is 23.6 Å². The van der Waals surface area contributed by atoms with Gasteiger partial charge in [0.15, 0.2) is 0 Å². The molecule has 9 nitrogen and oxygen atoms in total. The van der Waals surface area contributed by atoms with Crippen LogP contribution in [0.5, 0.6) is 0 Å². The summed E-state index contributed by atoms with van der Waals surface area (Å²) in [6.45, 7) is 2.64. The van der Waals surface area contributed by atoms with Gasteiger partial charge in [0.25, 0.3) is 0 Å². The number of aromatic carboxylic acids is 1. The molecule has 0 spiro atoms. The van der Waals surface area contributed by atoms with Crippen LogP contribution in [0.25, 0.3) is 10.1 Å². The average Bonchev–Trinajstić information content (AvgIpc) is 3.24. The van der Waals surface area contributed by atoms with E-state index in [9.17, 15) is 18.9 Å². The van der Waals surface area contributed by atoms with E-state index in [0.29, 0.717) is 4.70 Å². The van der Waals surface area contributed by atoms with Gasteiger partial charge >= 0.3 is 31.2 Å². The van der Waals surface area contributed by atoms with Crippen LogP contribution in [0.2, 0.25) is 0 Å².